The van der Waals surface area contributed by atoms with E-state index in [1.807, 2.05) is 36.4 Å². The van der Waals surface area contributed by atoms with Crippen molar-refractivity contribution in [3.05, 3.63) is 64.9 Å². The summed E-state index contributed by atoms with van der Waals surface area (Å²) in [5.74, 6) is 0.252. The molecule has 1 atom stereocenters. The molecule has 0 spiro atoms. The van der Waals surface area contributed by atoms with E-state index in [1.165, 1.54) is 0 Å². The topological polar surface area (TPSA) is 42.0 Å². The van der Waals surface area contributed by atoms with Crippen LogP contribution in [0.25, 0.3) is 0 Å². The number of hydrogen-bond acceptors (Lipinski definition) is 2. The van der Waals surface area contributed by atoms with Gasteiger partial charge in [-0.05, 0) is 47.7 Å². The van der Waals surface area contributed by atoms with Gasteiger partial charge in [0.1, 0.15) is 0 Å². The molecule has 4 heteroatoms. The standard InChI is InChI=1S/C18H21ClN2O/c1-13(2)12-21-18(22)17(11-14-7-9-20-10-8-14)15-3-5-16(19)6-4-15/h3-10,13,17H,11-12H2,1-2H3,(H,21,22). The normalized spacial score (nSPS) is 12.2. The van der Waals surface area contributed by atoms with Gasteiger partial charge in [-0.25, -0.2) is 0 Å². The lowest BCUT2D eigenvalue weighted by Gasteiger charge is -2.18. The second kappa shape index (κ2) is 7.95. The first-order valence-corrected chi connectivity index (χ1v) is 7.86. The number of hydrogen-bond donors (Lipinski definition) is 1. The molecule has 1 amide bonds. The fraction of sp³-hybridized carbons (Fsp3) is 0.333. The molecular formula is C18H21ClN2O. The molecule has 0 aliphatic rings. The van der Waals surface area contributed by atoms with Gasteiger partial charge in [-0.2, -0.15) is 0 Å². The number of carbonyl (C=O) groups excluding carboxylic acids is 1. The second-order valence-electron chi connectivity index (χ2n) is 5.80. The molecule has 0 saturated heterocycles. The summed E-state index contributed by atoms with van der Waals surface area (Å²) >= 11 is 5.95. The van der Waals surface area contributed by atoms with Gasteiger partial charge < -0.3 is 5.32 Å². The molecule has 2 rings (SSSR count). The summed E-state index contributed by atoms with van der Waals surface area (Å²) in [5, 5.41) is 3.70. The maximum Gasteiger partial charge on any atom is 0.227 e. The lowest BCUT2D eigenvalue weighted by Crippen LogP contribution is -2.33. The molecule has 0 aliphatic heterocycles. The first kappa shape index (κ1) is 16.5. The summed E-state index contributed by atoms with van der Waals surface area (Å²) < 4.78 is 0. The quantitative estimate of drug-likeness (QED) is 0.880. The average molecular weight is 317 g/mol. The monoisotopic (exact) mass is 316 g/mol. The molecule has 0 aliphatic carbocycles. The Morgan fingerprint density at radius 3 is 2.36 bits per heavy atom. The Hall–Kier alpha value is -1.87. The number of pyridine rings is 1. The molecule has 1 aromatic heterocycles. The molecular weight excluding hydrogens is 296 g/mol. The lowest BCUT2D eigenvalue weighted by atomic mass is 9.91. The molecule has 1 N–H and O–H groups in total. The highest BCUT2D eigenvalue weighted by molar-refractivity contribution is 6.30. The largest absolute Gasteiger partial charge is 0.355 e. The predicted octanol–water partition coefficient (Wildman–Crippen LogP) is 3.83. The zero-order valence-electron chi connectivity index (χ0n) is 12.9. The van der Waals surface area contributed by atoms with Gasteiger partial charge in [0.25, 0.3) is 0 Å². The maximum absolute atomic E-state index is 12.6. The number of benzene rings is 1. The number of rotatable bonds is 6. The van der Waals surface area contributed by atoms with Crippen LogP contribution in [0.3, 0.4) is 0 Å². The minimum absolute atomic E-state index is 0.0489. The summed E-state index contributed by atoms with van der Waals surface area (Å²) in [6.07, 6.45) is 4.15. The molecule has 22 heavy (non-hydrogen) atoms. The molecule has 2 aromatic rings. The second-order valence-corrected chi connectivity index (χ2v) is 6.24. The zero-order chi connectivity index (χ0) is 15.9. The van der Waals surface area contributed by atoms with Crippen LogP contribution >= 0.6 is 11.6 Å². The highest BCUT2D eigenvalue weighted by Crippen LogP contribution is 2.23. The number of nitrogens with zero attached hydrogens (tertiary/aromatic N) is 1. The Morgan fingerprint density at radius 2 is 1.77 bits per heavy atom. The van der Waals surface area contributed by atoms with E-state index in [0.29, 0.717) is 23.9 Å². The van der Waals surface area contributed by atoms with E-state index in [4.69, 9.17) is 11.6 Å². The Labute approximate surface area is 136 Å². The maximum atomic E-state index is 12.6. The van der Waals surface area contributed by atoms with Gasteiger partial charge in [0, 0.05) is 24.0 Å². The van der Waals surface area contributed by atoms with Crippen molar-refractivity contribution in [1.82, 2.24) is 10.3 Å². The van der Waals surface area contributed by atoms with Gasteiger partial charge in [0.15, 0.2) is 0 Å². The van der Waals surface area contributed by atoms with Crippen LogP contribution in [0.15, 0.2) is 48.8 Å². The van der Waals surface area contributed by atoms with Crippen LogP contribution in [0.1, 0.15) is 30.9 Å². The van der Waals surface area contributed by atoms with E-state index >= 15 is 0 Å². The summed E-state index contributed by atoms with van der Waals surface area (Å²) in [5.41, 5.74) is 2.07. The van der Waals surface area contributed by atoms with E-state index in [0.717, 1.165) is 11.1 Å². The third-order valence-electron chi connectivity index (χ3n) is 3.46. The van der Waals surface area contributed by atoms with Gasteiger partial charge in [-0.1, -0.05) is 37.6 Å². The Kier molecular flexibility index (Phi) is 5.96. The third-order valence-corrected chi connectivity index (χ3v) is 3.71. The molecule has 0 fully saturated rings. The van der Waals surface area contributed by atoms with Gasteiger partial charge in [-0.15, -0.1) is 0 Å². The molecule has 0 radical (unpaired) electrons. The van der Waals surface area contributed by atoms with Crippen molar-refractivity contribution in [2.45, 2.75) is 26.2 Å². The molecule has 0 bridgehead atoms. The van der Waals surface area contributed by atoms with Gasteiger partial charge in [0.05, 0.1) is 5.92 Å². The van der Waals surface area contributed by atoms with Crippen molar-refractivity contribution in [2.24, 2.45) is 5.92 Å². The van der Waals surface area contributed by atoms with Crippen molar-refractivity contribution >= 4 is 17.5 Å². The van der Waals surface area contributed by atoms with Crippen molar-refractivity contribution in [2.75, 3.05) is 6.54 Å². The number of nitrogens with one attached hydrogen (secondary N) is 1. The van der Waals surface area contributed by atoms with Crippen molar-refractivity contribution in [3.8, 4) is 0 Å². The van der Waals surface area contributed by atoms with Crippen LogP contribution in [0.2, 0.25) is 5.02 Å². The molecule has 1 unspecified atom stereocenters. The van der Waals surface area contributed by atoms with E-state index in [-0.39, 0.29) is 11.8 Å². The number of halogens is 1. The zero-order valence-corrected chi connectivity index (χ0v) is 13.7. The Morgan fingerprint density at radius 1 is 1.14 bits per heavy atom. The third kappa shape index (κ3) is 4.85. The Balaban J connectivity index is 2.20. The van der Waals surface area contributed by atoms with Crippen LogP contribution in [-0.4, -0.2) is 17.4 Å². The average Bonchev–Trinajstić information content (AvgIpc) is 2.52. The van der Waals surface area contributed by atoms with E-state index < -0.39 is 0 Å². The van der Waals surface area contributed by atoms with Gasteiger partial charge >= 0.3 is 0 Å². The SMILES string of the molecule is CC(C)CNC(=O)C(Cc1ccncc1)c1ccc(Cl)cc1. The van der Waals surface area contributed by atoms with E-state index in [2.05, 4.69) is 24.1 Å². The summed E-state index contributed by atoms with van der Waals surface area (Å²) in [6, 6.07) is 11.4. The van der Waals surface area contributed by atoms with Crippen LogP contribution in [0, 0.1) is 5.92 Å². The first-order valence-electron chi connectivity index (χ1n) is 7.48. The minimum atomic E-state index is -0.224. The van der Waals surface area contributed by atoms with Crippen molar-refractivity contribution < 1.29 is 4.79 Å². The highest BCUT2D eigenvalue weighted by atomic mass is 35.5. The van der Waals surface area contributed by atoms with Crippen LogP contribution in [-0.2, 0) is 11.2 Å². The smallest absolute Gasteiger partial charge is 0.227 e. The summed E-state index contributed by atoms with van der Waals surface area (Å²) in [6.45, 7) is 4.85. The summed E-state index contributed by atoms with van der Waals surface area (Å²) in [7, 11) is 0. The Bertz CT molecular complexity index is 596. The van der Waals surface area contributed by atoms with Crippen LogP contribution in [0.4, 0.5) is 0 Å². The number of aromatic nitrogens is 1. The van der Waals surface area contributed by atoms with Crippen molar-refractivity contribution in [1.29, 1.82) is 0 Å². The lowest BCUT2D eigenvalue weighted by molar-refractivity contribution is -0.122. The van der Waals surface area contributed by atoms with Gasteiger partial charge in [-0.3, -0.25) is 9.78 Å². The van der Waals surface area contributed by atoms with Gasteiger partial charge in [0.2, 0.25) is 5.91 Å². The molecule has 1 aromatic carbocycles. The van der Waals surface area contributed by atoms with Crippen LogP contribution < -0.4 is 5.32 Å². The van der Waals surface area contributed by atoms with E-state index in [1.54, 1.807) is 12.4 Å². The molecule has 1 heterocycles. The minimum Gasteiger partial charge on any atom is -0.355 e. The molecule has 3 nitrogen and oxygen atoms in total. The van der Waals surface area contributed by atoms with E-state index in [9.17, 15) is 4.79 Å². The fourth-order valence-electron chi connectivity index (χ4n) is 2.24. The van der Waals surface area contributed by atoms with Crippen LogP contribution in [0.5, 0.6) is 0 Å². The fourth-order valence-corrected chi connectivity index (χ4v) is 2.37. The first-order chi connectivity index (χ1) is 10.6. The highest BCUT2D eigenvalue weighted by Gasteiger charge is 2.21. The summed E-state index contributed by atoms with van der Waals surface area (Å²) in [4.78, 5) is 16.6. The number of carbonyl (C=O) groups is 1. The predicted molar refractivity (Wildman–Crippen MR) is 90.0 cm³/mol. The van der Waals surface area contributed by atoms with Crippen molar-refractivity contribution in [3.63, 3.8) is 0 Å². The molecule has 0 saturated carbocycles. The number of amides is 1. The molecule has 116 valence electrons.